The predicted molar refractivity (Wildman–Crippen MR) is 72.7 cm³/mol. The highest BCUT2D eigenvalue weighted by atomic mass is 16.5. The molecule has 5 nitrogen and oxygen atoms in total. The normalized spacial score (nSPS) is 10.2. The summed E-state index contributed by atoms with van der Waals surface area (Å²) >= 11 is 0. The van der Waals surface area contributed by atoms with E-state index in [4.69, 9.17) is 14.6 Å². The number of hydrogen-bond acceptors (Lipinski definition) is 4. The molecule has 0 aromatic heterocycles. The molecule has 5 heteroatoms. The number of carboxylic acid groups (broad SMARTS) is 1. The maximum atomic E-state index is 10.4. The number of aliphatic carboxylic acids is 1. The van der Waals surface area contributed by atoms with Gasteiger partial charge in [0.15, 0.2) is 11.5 Å². The lowest BCUT2D eigenvalue weighted by Crippen LogP contribution is -2.17. The summed E-state index contributed by atoms with van der Waals surface area (Å²) in [7, 11) is 1.61. The van der Waals surface area contributed by atoms with Gasteiger partial charge in [-0.25, -0.2) is 0 Å². The molecular weight excluding hydrogens is 246 g/mol. The molecule has 0 spiro atoms. The molecule has 0 saturated carbocycles. The first-order valence-electron chi connectivity index (χ1n) is 6.39. The Morgan fingerprint density at radius 1 is 1.37 bits per heavy atom. The number of rotatable bonds is 9. The fourth-order valence-electron chi connectivity index (χ4n) is 1.58. The van der Waals surface area contributed by atoms with Gasteiger partial charge in [-0.1, -0.05) is 13.0 Å². The molecule has 0 fully saturated rings. The number of benzene rings is 1. The first-order valence-corrected chi connectivity index (χ1v) is 6.39. The maximum absolute atomic E-state index is 10.4. The van der Waals surface area contributed by atoms with Crippen LogP contribution in [0.1, 0.15) is 25.3 Å². The minimum atomic E-state index is -0.797. The number of nitrogens with one attached hydrogen (secondary N) is 1. The molecule has 1 rings (SSSR count). The summed E-state index contributed by atoms with van der Waals surface area (Å²) in [6, 6.07) is 5.72. The summed E-state index contributed by atoms with van der Waals surface area (Å²) in [5.74, 6) is 0.638. The minimum Gasteiger partial charge on any atom is -0.493 e. The Balaban J connectivity index is 2.56. The number of methoxy groups -OCH3 is 1. The zero-order valence-electron chi connectivity index (χ0n) is 11.4. The van der Waals surface area contributed by atoms with E-state index in [2.05, 4.69) is 5.32 Å². The van der Waals surface area contributed by atoms with Crippen molar-refractivity contribution in [3.8, 4) is 11.5 Å². The average Bonchev–Trinajstić information content (AvgIpc) is 2.41. The zero-order chi connectivity index (χ0) is 14.1. The van der Waals surface area contributed by atoms with Crippen LogP contribution in [0.5, 0.6) is 11.5 Å². The van der Waals surface area contributed by atoms with E-state index in [1.165, 1.54) is 0 Å². The molecule has 0 aliphatic rings. The quantitative estimate of drug-likeness (QED) is 0.670. The van der Waals surface area contributed by atoms with Gasteiger partial charge in [-0.3, -0.25) is 4.79 Å². The SMILES string of the molecule is CCCOc1cc(CNCCC(=O)O)ccc1OC. The Hall–Kier alpha value is -1.75. The average molecular weight is 267 g/mol. The summed E-state index contributed by atoms with van der Waals surface area (Å²) in [4.78, 5) is 10.4. The predicted octanol–water partition coefficient (Wildman–Crippen LogP) is 2.05. The van der Waals surface area contributed by atoms with Crippen molar-refractivity contribution in [2.24, 2.45) is 0 Å². The second-order valence-corrected chi connectivity index (χ2v) is 4.15. The van der Waals surface area contributed by atoms with Crippen LogP contribution < -0.4 is 14.8 Å². The van der Waals surface area contributed by atoms with Crippen LogP contribution in [0.2, 0.25) is 0 Å². The van der Waals surface area contributed by atoms with Crippen molar-refractivity contribution in [3.05, 3.63) is 23.8 Å². The number of ether oxygens (including phenoxy) is 2. The van der Waals surface area contributed by atoms with Gasteiger partial charge in [-0.05, 0) is 24.1 Å². The van der Waals surface area contributed by atoms with E-state index in [1.54, 1.807) is 7.11 Å². The second-order valence-electron chi connectivity index (χ2n) is 4.15. The van der Waals surface area contributed by atoms with Crippen molar-refractivity contribution in [2.45, 2.75) is 26.3 Å². The van der Waals surface area contributed by atoms with Crippen LogP contribution in [0.4, 0.5) is 0 Å². The summed E-state index contributed by atoms with van der Waals surface area (Å²) in [5, 5.41) is 11.6. The van der Waals surface area contributed by atoms with Crippen LogP contribution in [0.25, 0.3) is 0 Å². The van der Waals surface area contributed by atoms with Crippen molar-refractivity contribution in [3.63, 3.8) is 0 Å². The van der Waals surface area contributed by atoms with E-state index in [0.717, 1.165) is 17.7 Å². The van der Waals surface area contributed by atoms with E-state index in [-0.39, 0.29) is 6.42 Å². The van der Waals surface area contributed by atoms with Crippen LogP contribution in [0, 0.1) is 0 Å². The molecule has 0 radical (unpaired) electrons. The zero-order valence-corrected chi connectivity index (χ0v) is 11.4. The van der Waals surface area contributed by atoms with Crippen LogP contribution in [0.15, 0.2) is 18.2 Å². The lowest BCUT2D eigenvalue weighted by atomic mass is 10.2. The largest absolute Gasteiger partial charge is 0.493 e. The highest BCUT2D eigenvalue weighted by molar-refractivity contribution is 5.66. The molecule has 0 bridgehead atoms. The summed E-state index contributed by atoms with van der Waals surface area (Å²) in [6.45, 7) is 3.75. The van der Waals surface area contributed by atoms with Crippen LogP contribution in [-0.4, -0.2) is 31.3 Å². The molecule has 0 atom stereocenters. The lowest BCUT2D eigenvalue weighted by Gasteiger charge is -2.12. The highest BCUT2D eigenvalue weighted by Gasteiger charge is 2.05. The van der Waals surface area contributed by atoms with E-state index in [0.29, 0.717) is 25.4 Å². The number of hydrogen-bond donors (Lipinski definition) is 2. The lowest BCUT2D eigenvalue weighted by molar-refractivity contribution is -0.136. The monoisotopic (exact) mass is 267 g/mol. The Morgan fingerprint density at radius 2 is 2.16 bits per heavy atom. The number of carboxylic acids is 1. The maximum Gasteiger partial charge on any atom is 0.304 e. The minimum absolute atomic E-state index is 0.120. The van der Waals surface area contributed by atoms with Crippen molar-refractivity contribution in [1.29, 1.82) is 0 Å². The molecule has 1 aromatic carbocycles. The topological polar surface area (TPSA) is 67.8 Å². The molecule has 2 N–H and O–H groups in total. The van der Waals surface area contributed by atoms with Gasteiger partial charge in [0, 0.05) is 13.1 Å². The standard InChI is InChI=1S/C14H21NO4/c1-3-8-19-13-9-11(4-5-12(13)18-2)10-15-7-6-14(16)17/h4-5,9,15H,3,6-8,10H2,1-2H3,(H,16,17). The first kappa shape index (κ1) is 15.3. The molecule has 0 unspecified atom stereocenters. The third-order valence-electron chi connectivity index (χ3n) is 2.53. The van der Waals surface area contributed by atoms with Crippen LogP contribution in [-0.2, 0) is 11.3 Å². The number of carbonyl (C=O) groups is 1. The smallest absolute Gasteiger partial charge is 0.304 e. The van der Waals surface area contributed by atoms with E-state index in [1.807, 2.05) is 25.1 Å². The van der Waals surface area contributed by atoms with Crippen molar-refractivity contribution in [2.75, 3.05) is 20.3 Å². The fraction of sp³-hybridized carbons (Fsp3) is 0.500. The second kappa shape index (κ2) is 8.37. The van der Waals surface area contributed by atoms with Gasteiger partial charge in [-0.2, -0.15) is 0 Å². The molecule has 0 aliphatic carbocycles. The summed E-state index contributed by atoms with van der Waals surface area (Å²) < 4.78 is 10.8. The van der Waals surface area contributed by atoms with Gasteiger partial charge < -0.3 is 19.9 Å². The molecule has 0 aliphatic heterocycles. The van der Waals surface area contributed by atoms with E-state index >= 15 is 0 Å². The van der Waals surface area contributed by atoms with Crippen LogP contribution in [0.3, 0.4) is 0 Å². The van der Waals surface area contributed by atoms with Gasteiger partial charge in [-0.15, -0.1) is 0 Å². The molecule has 1 aromatic rings. The van der Waals surface area contributed by atoms with Crippen molar-refractivity contribution in [1.82, 2.24) is 5.32 Å². The van der Waals surface area contributed by atoms with Gasteiger partial charge in [0.1, 0.15) is 0 Å². The first-order chi connectivity index (χ1) is 9.17. The van der Waals surface area contributed by atoms with Crippen molar-refractivity contribution >= 4 is 5.97 Å². The highest BCUT2D eigenvalue weighted by Crippen LogP contribution is 2.28. The third-order valence-corrected chi connectivity index (χ3v) is 2.53. The molecule has 106 valence electrons. The van der Waals surface area contributed by atoms with Crippen LogP contribution >= 0.6 is 0 Å². The molecule has 0 saturated heterocycles. The molecule has 0 heterocycles. The van der Waals surface area contributed by atoms with Gasteiger partial charge in [0.25, 0.3) is 0 Å². The molecular formula is C14H21NO4. The Bertz CT molecular complexity index is 406. The van der Waals surface area contributed by atoms with Crippen molar-refractivity contribution < 1.29 is 19.4 Å². The van der Waals surface area contributed by atoms with Gasteiger partial charge in [0.2, 0.25) is 0 Å². The Kier molecular flexibility index (Phi) is 6.74. The van der Waals surface area contributed by atoms with E-state index < -0.39 is 5.97 Å². The van der Waals surface area contributed by atoms with E-state index in [9.17, 15) is 4.79 Å². The van der Waals surface area contributed by atoms with Gasteiger partial charge in [0.05, 0.1) is 20.1 Å². The third kappa shape index (κ3) is 5.61. The van der Waals surface area contributed by atoms with Gasteiger partial charge >= 0.3 is 5.97 Å². The Morgan fingerprint density at radius 3 is 2.79 bits per heavy atom. The Labute approximate surface area is 113 Å². The fourth-order valence-corrected chi connectivity index (χ4v) is 1.58. The molecule has 0 amide bonds. The summed E-state index contributed by atoms with van der Waals surface area (Å²) in [6.07, 6.45) is 1.06. The molecule has 19 heavy (non-hydrogen) atoms. The summed E-state index contributed by atoms with van der Waals surface area (Å²) in [5.41, 5.74) is 1.04.